The Kier molecular flexibility index (Phi) is 3.67. The summed E-state index contributed by atoms with van der Waals surface area (Å²) in [5.41, 5.74) is 0. The molecule has 1 aromatic carbocycles. The van der Waals surface area contributed by atoms with Crippen LogP contribution >= 0.6 is 0 Å². The summed E-state index contributed by atoms with van der Waals surface area (Å²) >= 11 is 0. The zero-order chi connectivity index (χ0) is 11.4. The van der Waals surface area contributed by atoms with Crippen molar-refractivity contribution in [2.45, 2.75) is 32.5 Å². The summed E-state index contributed by atoms with van der Waals surface area (Å²) in [6.07, 6.45) is 3.67. The lowest BCUT2D eigenvalue weighted by molar-refractivity contribution is -0.0867. The molecule has 1 aliphatic rings. The molecule has 3 nitrogen and oxygen atoms in total. The van der Waals surface area contributed by atoms with Gasteiger partial charge in [0.05, 0.1) is 6.61 Å². The molecular formula is C13H18O3. The highest BCUT2D eigenvalue weighted by Gasteiger charge is 2.18. The van der Waals surface area contributed by atoms with E-state index in [9.17, 15) is 0 Å². The number of rotatable bonds is 5. The first-order valence-corrected chi connectivity index (χ1v) is 5.81. The summed E-state index contributed by atoms with van der Waals surface area (Å²) in [6, 6.07) is 6.68. The van der Waals surface area contributed by atoms with Gasteiger partial charge in [0.1, 0.15) is 11.5 Å². The van der Waals surface area contributed by atoms with Crippen LogP contribution in [0.25, 0.3) is 0 Å². The molecule has 1 saturated carbocycles. The first-order chi connectivity index (χ1) is 7.74. The summed E-state index contributed by atoms with van der Waals surface area (Å²) in [5.74, 6) is 1.69. The lowest BCUT2D eigenvalue weighted by Crippen LogP contribution is -2.24. The highest BCUT2D eigenvalue weighted by molar-refractivity contribution is 5.30. The van der Waals surface area contributed by atoms with Gasteiger partial charge in [0, 0.05) is 0 Å². The third-order valence-corrected chi connectivity index (χ3v) is 2.93. The molecule has 0 amide bonds. The molecule has 1 N–H and O–H groups in total. The van der Waals surface area contributed by atoms with E-state index >= 15 is 0 Å². The molecule has 16 heavy (non-hydrogen) atoms. The van der Waals surface area contributed by atoms with E-state index in [2.05, 4.69) is 0 Å². The molecule has 1 aromatic rings. The van der Waals surface area contributed by atoms with E-state index in [0.717, 1.165) is 18.3 Å². The Labute approximate surface area is 96.0 Å². The van der Waals surface area contributed by atoms with Crippen molar-refractivity contribution in [1.29, 1.82) is 0 Å². The van der Waals surface area contributed by atoms with Crippen molar-refractivity contribution in [1.82, 2.24) is 0 Å². The molecule has 0 bridgehead atoms. The maximum Gasteiger partial charge on any atom is 0.196 e. The monoisotopic (exact) mass is 222 g/mol. The number of hydrogen-bond acceptors (Lipinski definition) is 3. The third kappa shape index (κ3) is 3.14. The molecule has 1 atom stereocenters. The number of ether oxygens (including phenoxy) is 2. The Morgan fingerprint density at radius 1 is 1.31 bits per heavy atom. The fraction of sp³-hybridized carbons (Fsp3) is 0.538. The van der Waals surface area contributed by atoms with E-state index < -0.39 is 0 Å². The van der Waals surface area contributed by atoms with Crippen molar-refractivity contribution in [2.24, 2.45) is 5.92 Å². The van der Waals surface area contributed by atoms with Gasteiger partial charge < -0.3 is 14.6 Å². The molecular weight excluding hydrogens is 204 g/mol. The molecule has 0 spiro atoms. The minimum absolute atomic E-state index is 0.231. The second-order valence-corrected chi connectivity index (χ2v) is 4.31. The number of phenolic OH excluding ortho intramolecular Hbond substituents is 1. The summed E-state index contributed by atoms with van der Waals surface area (Å²) < 4.78 is 11.2. The average molecular weight is 222 g/mol. The fourth-order valence-corrected chi connectivity index (χ4v) is 1.68. The molecule has 2 rings (SSSR count). The van der Waals surface area contributed by atoms with Crippen LogP contribution in [0.2, 0.25) is 0 Å². The lowest BCUT2D eigenvalue weighted by Gasteiger charge is -2.26. The molecule has 0 aliphatic heterocycles. The predicted molar refractivity (Wildman–Crippen MR) is 61.5 cm³/mol. The lowest BCUT2D eigenvalue weighted by atomic mass is 9.86. The number of hydrogen-bond donors (Lipinski definition) is 1. The zero-order valence-corrected chi connectivity index (χ0v) is 9.56. The fourth-order valence-electron chi connectivity index (χ4n) is 1.68. The van der Waals surface area contributed by atoms with Crippen LogP contribution in [0, 0.1) is 5.92 Å². The van der Waals surface area contributed by atoms with Crippen molar-refractivity contribution in [3.05, 3.63) is 24.3 Å². The highest BCUT2D eigenvalue weighted by atomic mass is 16.7. The van der Waals surface area contributed by atoms with E-state index in [1.54, 1.807) is 24.3 Å². The van der Waals surface area contributed by atoms with Gasteiger partial charge in [-0.2, -0.15) is 0 Å². The molecule has 1 unspecified atom stereocenters. The van der Waals surface area contributed by atoms with Crippen molar-refractivity contribution >= 4 is 0 Å². The molecule has 0 aromatic heterocycles. The van der Waals surface area contributed by atoms with Gasteiger partial charge in [-0.05, 0) is 49.9 Å². The quantitative estimate of drug-likeness (QED) is 0.778. The zero-order valence-electron chi connectivity index (χ0n) is 9.56. The minimum Gasteiger partial charge on any atom is -0.508 e. The van der Waals surface area contributed by atoms with E-state index in [1.165, 1.54) is 19.3 Å². The molecule has 0 heterocycles. The van der Waals surface area contributed by atoms with E-state index in [1.807, 2.05) is 6.92 Å². The number of phenols is 1. The van der Waals surface area contributed by atoms with E-state index in [0.29, 0.717) is 0 Å². The summed E-state index contributed by atoms with van der Waals surface area (Å²) in [5, 5.41) is 9.12. The van der Waals surface area contributed by atoms with Crippen LogP contribution in [0.1, 0.15) is 26.2 Å². The summed E-state index contributed by atoms with van der Waals surface area (Å²) in [4.78, 5) is 0. The highest BCUT2D eigenvalue weighted by Crippen LogP contribution is 2.27. The second kappa shape index (κ2) is 5.21. The Morgan fingerprint density at radius 3 is 2.56 bits per heavy atom. The van der Waals surface area contributed by atoms with Gasteiger partial charge in [0.2, 0.25) is 0 Å². The smallest absolute Gasteiger partial charge is 0.196 e. The van der Waals surface area contributed by atoms with Crippen LogP contribution in [0.4, 0.5) is 0 Å². The van der Waals surface area contributed by atoms with Crippen LogP contribution in [0.3, 0.4) is 0 Å². The van der Waals surface area contributed by atoms with Crippen molar-refractivity contribution in [3.63, 3.8) is 0 Å². The third-order valence-electron chi connectivity index (χ3n) is 2.93. The van der Waals surface area contributed by atoms with Crippen molar-refractivity contribution in [2.75, 3.05) is 6.61 Å². The van der Waals surface area contributed by atoms with Gasteiger partial charge >= 0.3 is 0 Å². The topological polar surface area (TPSA) is 38.7 Å². The van der Waals surface area contributed by atoms with Gasteiger partial charge in [0.15, 0.2) is 6.29 Å². The van der Waals surface area contributed by atoms with Crippen molar-refractivity contribution in [3.8, 4) is 11.5 Å². The standard InChI is InChI=1S/C13H18O3/c1-10(15-9-11-3-2-4-11)16-13-7-5-12(14)6-8-13/h5-8,10-11,14H,2-4,9H2,1H3. The molecule has 88 valence electrons. The minimum atomic E-state index is -0.231. The van der Waals surface area contributed by atoms with Crippen LogP contribution in [0.15, 0.2) is 24.3 Å². The van der Waals surface area contributed by atoms with E-state index in [-0.39, 0.29) is 12.0 Å². The largest absolute Gasteiger partial charge is 0.508 e. The average Bonchev–Trinajstić information content (AvgIpc) is 2.19. The van der Waals surface area contributed by atoms with E-state index in [4.69, 9.17) is 14.6 Å². The van der Waals surface area contributed by atoms with Crippen LogP contribution < -0.4 is 4.74 Å². The van der Waals surface area contributed by atoms with Crippen LogP contribution in [-0.2, 0) is 4.74 Å². The maximum atomic E-state index is 9.12. The first kappa shape index (κ1) is 11.3. The summed E-state index contributed by atoms with van der Waals surface area (Å²) in [6.45, 7) is 2.69. The Balaban J connectivity index is 1.73. The van der Waals surface area contributed by atoms with Gasteiger partial charge in [-0.15, -0.1) is 0 Å². The first-order valence-electron chi connectivity index (χ1n) is 5.81. The van der Waals surface area contributed by atoms with Gasteiger partial charge in [0.25, 0.3) is 0 Å². The Bertz CT molecular complexity index is 316. The predicted octanol–water partition coefficient (Wildman–Crippen LogP) is 2.93. The molecule has 3 heteroatoms. The van der Waals surface area contributed by atoms with Gasteiger partial charge in [-0.25, -0.2) is 0 Å². The molecule has 1 aliphatic carbocycles. The van der Waals surface area contributed by atoms with Crippen LogP contribution in [0.5, 0.6) is 11.5 Å². The normalized spacial score (nSPS) is 17.8. The van der Waals surface area contributed by atoms with Crippen molar-refractivity contribution < 1.29 is 14.6 Å². The van der Waals surface area contributed by atoms with Gasteiger partial charge in [-0.3, -0.25) is 0 Å². The summed E-state index contributed by atoms with van der Waals surface area (Å²) in [7, 11) is 0. The van der Waals surface area contributed by atoms with Gasteiger partial charge in [-0.1, -0.05) is 6.42 Å². The maximum absolute atomic E-state index is 9.12. The number of benzene rings is 1. The second-order valence-electron chi connectivity index (χ2n) is 4.31. The Morgan fingerprint density at radius 2 is 2.00 bits per heavy atom. The SMILES string of the molecule is CC(OCC1CCC1)Oc1ccc(O)cc1. The molecule has 0 saturated heterocycles. The Hall–Kier alpha value is -1.22. The van der Waals surface area contributed by atoms with Crippen LogP contribution in [-0.4, -0.2) is 18.0 Å². The molecule has 0 radical (unpaired) electrons. The number of aromatic hydroxyl groups is 1. The molecule has 1 fully saturated rings.